The lowest BCUT2D eigenvalue weighted by Gasteiger charge is -2.23. The fourth-order valence-corrected chi connectivity index (χ4v) is 4.75. The first kappa shape index (κ1) is 18.7. The number of aromatic nitrogens is 1. The number of ether oxygens (including phenoxy) is 2. The SMILES string of the molecule is Cc1noc(C)c1S(=O)(=O)N[C@H](c1ccc2c(c1)OCCCO2)C(C)C. The van der Waals surface area contributed by atoms with Crippen molar-refractivity contribution in [3.05, 3.63) is 35.2 Å². The molecule has 1 aromatic carbocycles. The third-order valence-corrected chi connectivity index (χ3v) is 6.00. The van der Waals surface area contributed by atoms with E-state index >= 15 is 0 Å². The van der Waals surface area contributed by atoms with Crippen LogP contribution in [-0.2, 0) is 10.0 Å². The zero-order valence-electron chi connectivity index (χ0n) is 15.4. The van der Waals surface area contributed by atoms with Crippen LogP contribution in [0.25, 0.3) is 0 Å². The molecule has 1 N–H and O–H groups in total. The van der Waals surface area contributed by atoms with Crippen LogP contribution >= 0.6 is 0 Å². The van der Waals surface area contributed by atoms with Crippen LogP contribution in [-0.4, -0.2) is 26.8 Å². The van der Waals surface area contributed by atoms with Crippen LogP contribution in [0, 0.1) is 19.8 Å². The number of fused-ring (bicyclic) bond motifs is 1. The molecule has 7 nitrogen and oxygen atoms in total. The molecule has 3 rings (SSSR count). The lowest BCUT2D eigenvalue weighted by Crippen LogP contribution is -2.32. The van der Waals surface area contributed by atoms with Gasteiger partial charge in [0.05, 0.1) is 13.2 Å². The van der Waals surface area contributed by atoms with Crippen molar-refractivity contribution in [2.45, 2.75) is 45.1 Å². The normalized spacial score (nSPS) is 15.7. The minimum absolute atomic E-state index is 0.0231. The summed E-state index contributed by atoms with van der Waals surface area (Å²) < 4.78 is 45.0. The van der Waals surface area contributed by atoms with Gasteiger partial charge >= 0.3 is 0 Å². The van der Waals surface area contributed by atoms with Gasteiger partial charge in [0.2, 0.25) is 10.0 Å². The van der Waals surface area contributed by atoms with Gasteiger partial charge in [-0.05, 0) is 37.5 Å². The molecule has 2 aromatic rings. The molecule has 0 aliphatic carbocycles. The van der Waals surface area contributed by atoms with E-state index in [0.29, 0.717) is 30.4 Å². The highest BCUT2D eigenvalue weighted by atomic mass is 32.2. The summed E-state index contributed by atoms with van der Waals surface area (Å²) in [6.07, 6.45) is 0.816. The van der Waals surface area contributed by atoms with Crippen LogP contribution < -0.4 is 14.2 Å². The van der Waals surface area contributed by atoms with Gasteiger partial charge in [0.15, 0.2) is 17.3 Å². The minimum atomic E-state index is -3.78. The molecule has 8 heteroatoms. The molecule has 1 atom stereocenters. The summed E-state index contributed by atoms with van der Waals surface area (Å²) in [7, 11) is -3.78. The molecule has 1 aliphatic heterocycles. The molecule has 0 amide bonds. The monoisotopic (exact) mass is 380 g/mol. The molecule has 1 aliphatic rings. The smallest absolute Gasteiger partial charge is 0.246 e. The lowest BCUT2D eigenvalue weighted by atomic mass is 9.97. The Labute approximate surface area is 153 Å². The largest absolute Gasteiger partial charge is 0.490 e. The second-order valence-electron chi connectivity index (χ2n) is 6.75. The van der Waals surface area contributed by atoms with E-state index in [1.54, 1.807) is 13.8 Å². The summed E-state index contributed by atoms with van der Waals surface area (Å²) in [6.45, 7) is 8.31. The summed E-state index contributed by atoms with van der Waals surface area (Å²) >= 11 is 0. The van der Waals surface area contributed by atoms with Crippen molar-refractivity contribution >= 4 is 10.0 Å². The van der Waals surface area contributed by atoms with E-state index in [1.165, 1.54) is 0 Å². The van der Waals surface area contributed by atoms with Crippen LogP contribution in [0.1, 0.15) is 43.3 Å². The zero-order valence-corrected chi connectivity index (χ0v) is 16.2. The van der Waals surface area contributed by atoms with Crippen LogP contribution in [0.15, 0.2) is 27.6 Å². The number of rotatable bonds is 5. The third-order valence-electron chi connectivity index (χ3n) is 4.32. The zero-order chi connectivity index (χ0) is 18.9. The Hall–Kier alpha value is -2.06. The van der Waals surface area contributed by atoms with Gasteiger partial charge in [-0.3, -0.25) is 0 Å². The van der Waals surface area contributed by atoms with Crippen molar-refractivity contribution in [1.29, 1.82) is 0 Å². The first-order chi connectivity index (χ1) is 12.3. The van der Waals surface area contributed by atoms with Crippen molar-refractivity contribution < 1.29 is 22.4 Å². The van der Waals surface area contributed by atoms with E-state index in [0.717, 1.165) is 12.0 Å². The van der Waals surface area contributed by atoms with Crippen molar-refractivity contribution in [3.63, 3.8) is 0 Å². The highest BCUT2D eigenvalue weighted by molar-refractivity contribution is 7.89. The summed E-state index contributed by atoms with van der Waals surface area (Å²) in [4.78, 5) is 0.0949. The number of hydrogen-bond acceptors (Lipinski definition) is 6. The Morgan fingerprint density at radius 2 is 1.81 bits per heavy atom. The molecule has 26 heavy (non-hydrogen) atoms. The van der Waals surface area contributed by atoms with Gasteiger partial charge in [-0.1, -0.05) is 25.1 Å². The van der Waals surface area contributed by atoms with Crippen LogP contribution in [0.3, 0.4) is 0 Å². The van der Waals surface area contributed by atoms with Crippen molar-refractivity contribution in [2.24, 2.45) is 5.92 Å². The highest BCUT2D eigenvalue weighted by Gasteiger charge is 2.29. The van der Waals surface area contributed by atoms with Gasteiger partial charge < -0.3 is 14.0 Å². The maximum absolute atomic E-state index is 12.9. The standard InChI is InChI=1S/C18H24N2O5S/c1-11(2)17(20-26(21,22)18-12(3)19-25-13(18)4)14-6-7-15-16(10-14)24-9-5-8-23-15/h6-7,10-11,17,20H,5,8-9H2,1-4H3/t17-/m0/s1. The van der Waals surface area contributed by atoms with E-state index in [2.05, 4.69) is 9.88 Å². The lowest BCUT2D eigenvalue weighted by molar-refractivity contribution is 0.297. The second kappa shape index (κ2) is 7.28. The molecule has 0 bridgehead atoms. The Kier molecular flexibility index (Phi) is 5.24. The predicted molar refractivity (Wildman–Crippen MR) is 95.9 cm³/mol. The maximum atomic E-state index is 12.9. The quantitative estimate of drug-likeness (QED) is 0.857. The van der Waals surface area contributed by atoms with Gasteiger partial charge in [-0.15, -0.1) is 0 Å². The fourth-order valence-electron chi connectivity index (χ4n) is 3.05. The molecule has 0 radical (unpaired) electrons. The van der Waals surface area contributed by atoms with Gasteiger partial charge in [-0.2, -0.15) is 0 Å². The van der Waals surface area contributed by atoms with E-state index in [4.69, 9.17) is 14.0 Å². The van der Waals surface area contributed by atoms with E-state index in [9.17, 15) is 8.42 Å². The van der Waals surface area contributed by atoms with Crippen molar-refractivity contribution in [1.82, 2.24) is 9.88 Å². The Bertz CT molecular complexity index is 869. The molecule has 0 unspecified atom stereocenters. The maximum Gasteiger partial charge on any atom is 0.246 e. The number of nitrogens with one attached hydrogen (secondary N) is 1. The molecular formula is C18H24N2O5S. The molecule has 142 valence electrons. The molecule has 0 spiro atoms. The average molecular weight is 380 g/mol. The molecule has 0 saturated carbocycles. The first-order valence-corrected chi connectivity index (χ1v) is 10.1. The van der Waals surface area contributed by atoms with Gasteiger partial charge in [0.25, 0.3) is 0 Å². The third kappa shape index (κ3) is 3.71. The van der Waals surface area contributed by atoms with E-state index in [1.807, 2.05) is 32.0 Å². The van der Waals surface area contributed by atoms with Gasteiger partial charge in [0.1, 0.15) is 10.6 Å². The van der Waals surface area contributed by atoms with Crippen LogP contribution in [0.4, 0.5) is 0 Å². The fraction of sp³-hybridized carbons (Fsp3) is 0.500. The molecule has 1 aromatic heterocycles. The van der Waals surface area contributed by atoms with Crippen LogP contribution in [0.5, 0.6) is 11.5 Å². The van der Waals surface area contributed by atoms with E-state index < -0.39 is 16.1 Å². The minimum Gasteiger partial charge on any atom is -0.490 e. The number of sulfonamides is 1. The van der Waals surface area contributed by atoms with E-state index in [-0.39, 0.29) is 16.6 Å². The molecule has 0 saturated heterocycles. The first-order valence-electron chi connectivity index (χ1n) is 8.64. The number of benzene rings is 1. The summed E-state index contributed by atoms with van der Waals surface area (Å²) in [6, 6.07) is 5.12. The number of hydrogen-bond donors (Lipinski definition) is 1. The Balaban J connectivity index is 1.94. The van der Waals surface area contributed by atoms with Crippen molar-refractivity contribution in [2.75, 3.05) is 13.2 Å². The topological polar surface area (TPSA) is 90.7 Å². The highest BCUT2D eigenvalue weighted by Crippen LogP contribution is 2.35. The summed E-state index contributed by atoms with van der Waals surface area (Å²) in [5.74, 6) is 1.62. The van der Waals surface area contributed by atoms with Crippen LogP contribution in [0.2, 0.25) is 0 Å². The number of aryl methyl sites for hydroxylation is 2. The van der Waals surface area contributed by atoms with Gasteiger partial charge in [-0.25, -0.2) is 13.1 Å². The van der Waals surface area contributed by atoms with Gasteiger partial charge in [0, 0.05) is 12.5 Å². The average Bonchev–Trinajstić information content (AvgIpc) is 2.79. The second-order valence-corrected chi connectivity index (χ2v) is 8.40. The summed E-state index contributed by atoms with van der Waals surface area (Å²) in [5, 5.41) is 3.74. The number of nitrogens with zero attached hydrogens (tertiary/aromatic N) is 1. The molecule has 2 heterocycles. The Morgan fingerprint density at radius 3 is 2.42 bits per heavy atom. The Morgan fingerprint density at radius 1 is 1.12 bits per heavy atom. The predicted octanol–water partition coefficient (Wildman–Crippen LogP) is 3.13. The van der Waals surface area contributed by atoms with Crippen molar-refractivity contribution in [3.8, 4) is 11.5 Å². The molecular weight excluding hydrogens is 356 g/mol. The summed E-state index contributed by atoms with van der Waals surface area (Å²) in [5.41, 5.74) is 1.16. The molecule has 0 fully saturated rings.